The molecule has 0 aliphatic carbocycles. The minimum atomic E-state index is -0.428. The second-order valence-electron chi connectivity index (χ2n) is 5.81. The van der Waals surface area contributed by atoms with Gasteiger partial charge in [-0.2, -0.15) is 0 Å². The van der Waals surface area contributed by atoms with E-state index < -0.39 is 5.41 Å². The summed E-state index contributed by atoms with van der Waals surface area (Å²) in [5.74, 6) is 0. The molecule has 0 aromatic carbocycles. The van der Waals surface area contributed by atoms with Crippen LogP contribution in [0, 0.1) is 5.41 Å². The SMILES string of the molecule is CC(CO)(CO)CNC1CCOC(C)(C)C1. The Morgan fingerprint density at radius 1 is 1.38 bits per heavy atom. The maximum atomic E-state index is 9.19. The first kappa shape index (κ1) is 13.9. The third kappa shape index (κ3) is 4.01. The van der Waals surface area contributed by atoms with Gasteiger partial charge in [0.15, 0.2) is 0 Å². The Bertz CT molecular complexity index is 214. The summed E-state index contributed by atoms with van der Waals surface area (Å²) in [7, 11) is 0. The lowest BCUT2D eigenvalue weighted by atomic mass is 9.90. The van der Waals surface area contributed by atoms with Crippen LogP contribution in [0.3, 0.4) is 0 Å². The molecule has 0 amide bonds. The van der Waals surface area contributed by atoms with Crippen molar-refractivity contribution in [3.8, 4) is 0 Å². The van der Waals surface area contributed by atoms with Crippen molar-refractivity contribution in [1.82, 2.24) is 5.32 Å². The molecule has 1 rings (SSSR count). The van der Waals surface area contributed by atoms with Gasteiger partial charge in [0.25, 0.3) is 0 Å². The molecule has 0 radical (unpaired) electrons. The molecule has 0 bridgehead atoms. The molecule has 96 valence electrons. The number of hydrogen-bond donors (Lipinski definition) is 3. The van der Waals surface area contributed by atoms with Crippen molar-refractivity contribution in [2.24, 2.45) is 5.41 Å². The number of aliphatic hydroxyl groups excluding tert-OH is 2. The largest absolute Gasteiger partial charge is 0.396 e. The summed E-state index contributed by atoms with van der Waals surface area (Å²) in [5.41, 5.74) is -0.493. The fourth-order valence-electron chi connectivity index (χ4n) is 1.96. The van der Waals surface area contributed by atoms with Crippen LogP contribution < -0.4 is 5.32 Å². The Labute approximate surface area is 98.0 Å². The minimum absolute atomic E-state index is 0.00309. The van der Waals surface area contributed by atoms with Crippen LogP contribution in [0.1, 0.15) is 33.6 Å². The molecule has 1 fully saturated rings. The molecular formula is C12H25NO3. The van der Waals surface area contributed by atoms with Gasteiger partial charge in [0, 0.05) is 24.6 Å². The highest BCUT2D eigenvalue weighted by atomic mass is 16.5. The normalized spacial score (nSPS) is 25.7. The average molecular weight is 231 g/mol. The first-order valence-electron chi connectivity index (χ1n) is 6.00. The van der Waals surface area contributed by atoms with E-state index in [0.29, 0.717) is 12.6 Å². The number of nitrogens with one attached hydrogen (secondary N) is 1. The van der Waals surface area contributed by atoms with Crippen LogP contribution in [0.5, 0.6) is 0 Å². The molecule has 0 spiro atoms. The zero-order chi connectivity index (χ0) is 12.2. The van der Waals surface area contributed by atoms with Crippen molar-refractivity contribution in [3.63, 3.8) is 0 Å². The number of rotatable bonds is 5. The third-order valence-corrected chi connectivity index (χ3v) is 3.28. The predicted octanol–water partition coefficient (Wildman–Crippen LogP) is 0.524. The lowest BCUT2D eigenvalue weighted by molar-refractivity contribution is -0.0648. The van der Waals surface area contributed by atoms with Crippen molar-refractivity contribution in [1.29, 1.82) is 0 Å². The van der Waals surface area contributed by atoms with Gasteiger partial charge in [-0.3, -0.25) is 0 Å². The maximum absolute atomic E-state index is 9.19. The Hall–Kier alpha value is -0.160. The van der Waals surface area contributed by atoms with E-state index in [4.69, 9.17) is 4.74 Å². The van der Waals surface area contributed by atoms with Gasteiger partial charge in [-0.15, -0.1) is 0 Å². The molecule has 1 saturated heterocycles. The van der Waals surface area contributed by atoms with Crippen LogP contribution in [-0.2, 0) is 4.74 Å². The predicted molar refractivity (Wildman–Crippen MR) is 63.3 cm³/mol. The Morgan fingerprint density at radius 2 is 2.00 bits per heavy atom. The fraction of sp³-hybridized carbons (Fsp3) is 1.00. The van der Waals surface area contributed by atoms with Crippen molar-refractivity contribution in [2.45, 2.75) is 45.3 Å². The van der Waals surface area contributed by atoms with E-state index in [2.05, 4.69) is 19.2 Å². The number of hydrogen-bond acceptors (Lipinski definition) is 4. The van der Waals surface area contributed by atoms with Crippen molar-refractivity contribution < 1.29 is 14.9 Å². The van der Waals surface area contributed by atoms with Crippen LogP contribution in [0.2, 0.25) is 0 Å². The zero-order valence-corrected chi connectivity index (χ0v) is 10.6. The highest BCUT2D eigenvalue weighted by molar-refractivity contribution is 4.85. The lowest BCUT2D eigenvalue weighted by Crippen LogP contribution is -2.48. The Balaban J connectivity index is 2.37. The summed E-state index contributed by atoms with van der Waals surface area (Å²) in [4.78, 5) is 0. The van der Waals surface area contributed by atoms with E-state index >= 15 is 0 Å². The van der Waals surface area contributed by atoms with Crippen LogP contribution in [0.15, 0.2) is 0 Å². The topological polar surface area (TPSA) is 61.7 Å². The standard InChI is InChI=1S/C12H25NO3/c1-11(2)6-10(4-5-16-11)13-7-12(3,8-14)9-15/h10,13-15H,4-9H2,1-3H3. The zero-order valence-electron chi connectivity index (χ0n) is 10.6. The maximum Gasteiger partial charge on any atom is 0.0641 e. The number of aliphatic hydroxyl groups is 2. The van der Waals surface area contributed by atoms with E-state index in [0.717, 1.165) is 19.4 Å². The van der Waals surface area contributed by atoms with Crippen LogP contribution in [0.25, 0.3) is 0 Å². The highest BCUT2D eigenvalue weighted by Gasteiger charge is 2.30. The molecule has 1 unspecified atom stereocenters. The van der Waals surface area contributed by atoms with Gasteiger partial charge in [0.2, 0.25) is 0 Å². The summed E-state index contributed by atoms with van der Waals surface area (Å²) >= 11 is 0. The summed E-state index contributed by atoms with van der Waals surface area (Å²) in [6.45, 7) is 7.49. The van der Waals surface area contributed by atoms with Gasteiger partial charge < -0.3 is 20.3 Å². The molecular weight excluding hydrogens is 206 g/mol. The van der Waals surface area contributed by atoms with Crippen LogP contribution in [-0.4, -0.2) is 48.2 Å². The van der Waals surface area contributed by atoms with E-state index in [1.807, 2.05) is 6.92 Å². The monoisotopic (exact) mass is 231 g/mol. The molecule has 1 heterocycles. The minimum Gasteiger partial charge on any atom is -0.396 e. The second kappa shape index (κ2) is 5.45. The summed E-state index contributed by atoms with van der Waals surface area (Å²) in [6, 6.07) is 0.418. The molecule has 4 nitrogen and oxygen atoms in total. The van der Waals surface area contributed by atoms with Gasteiger partial charge in [-0.05, 0) is 26.7 Å². The lowest BCUT2D eigenvalue weighted by Gasteiger charge is -2.37. The Kier molecular flexibility index (Phi) is 4.73. The molecule has 0 saturated carbocycles. The summed E-state index contributed by atoms with van der Waals surface area (Å²) in [5, 5.41) is 21.8. The van der Waals surface area contributed by atoms with Crippen molar-refractivity contribution in [3.05, 3.63) is 0 Å². The molecule has 1 aliphatic heterocycles. The molecule has 0 aromatic heterocycles. The smallest absolute Gasteiger partial charge is 0.0641 e. The molecule has 16 heavy (non-hydrogen) atoms. The second-order valence-corrected chi connectivity index (χ2v) is 5.81. The first-order chi connectivity index (χ1) is 7.41. The van der Waals surface area contributed by atoms with Crippen molar-refractivity contribution >= 4 is 0 Å². The molecule has 1 atom stereocenters. The first-order valence-corrected chi connectivity index (χ1v) is 6.00. The molecule has 3 N–H and O–H groups in total. The van der Waals surface area contributed by atoms with Gasteiger partial charge in [0.1, 0.15) is 0 Å². The van der Waals surface area contributed by atoms with Gasteiger partial charge >= 0.3 is 0 Å². The van der Waals surface area contributed by atoms with E-state index in [-0.39, 0.29) is 18.8 Å². The Morgan fingerprint density at radius 3 is 2.50 bits per heavy atom. The van der Waals surface area contributed by atoms with E-state index in [1.54, 1.807) is 0 Å². The number of ether oxygens (including phenoxy) is 1. The van der Waals surface area contributed by atoms with Crippen molar-refractivity contribution in [2.75, 3.05) is 26.4 Å². The highest BCUT2D eigenvalue weighted by Crippen LogP contribution is 2.24. The molecule has 4 heteroatoms. The van der Waals surface area contributed by atoms with E-state index in [1.165, 1.54) is 0 Å². The fourth-order valence-corrected chi connectivity index (χ4v) is 1.96. The summed E-state index contributed by atoms with van der Waals surface area (Å²) < 4.78 is 5.64. The molecule has 1 aliphatic rings. The van der Waals surface area contributed by atoms with E-state index in [9.17, 15) is 10.2 Å². The van der Waals surface area contributed by atoms with Crippen LogP contribution >= 0.6 is 0 Å². The quantitative estimate of drug-likeness (QED) is 0.646. The van der Waals surface area contributed by atoms with Gasteiger partial charge in [-0.25, -0.2) is 0 Å². The van der Waals surface area contributed by atoms with Gasteiger partial charge in [-0.1, -0.05) is 6.92 Å². The van der Waals surface area contributed by atoms with Crippen LogP contribution in [0.4, 0.5) is 0 Å². The third-order valence-electron chi connectivity index (χ3n) is 3.28. The molecule has 0 aromatic rings. The van der Waals surface area contributed by atoms with Gasteiger partial charge in [0.05, 0.1) is 18.8 Å². The average Bonchev–Trinajstić information content (AvgIpc) is 2.25. The summed E-state index contributed by atoms with van der Waals surface area (Å²) in [6.07, 6.45) is 1.97.